The van der Waals surface area contributed by atoms with Crippen LogP contribution in [0.25, 0.3) is 33.3 Å². The minimum absolute atomic E-state index is 0.626. The van der Waals surface area contributed by atoms with E-state index in [1.165, 1.54) is 22.3 Å². The lowest BCUT2D eigenvalue weighted by Gasteiger charge is -2.07. The van der Waals surface area contributed by atoms with Gasteiger partial charge in [0, 0.05) is 36.0 Å². The van der Waals surface area contributed by atoms with Crippen molar-refractivity contribution in [3.8, 4) is 22.4 Å². The van der Waals surface area contributed by atoms with E-state index in [1.807, 2.05) is 24.5 Å². The van der Waals surface area contributed by atoms with Crippen LogP contribution in [0.15, 0.2) is 73.1 Å². The van der Waals surface area contributed by atoms with Crippen LogP contribution in [0, 0.1) is 0 Å². The zero-order valence-electron chi connectivity index (χ0n) is 13.5. The maximum Gasteiger partial charge on any atom is 0.0713 e. The number of aromatic amines is 1. The fraction of sp³-hybridized carbons (Fsp3) is 0.0952. The number of rotatable bonds is 4. The molecule has 0 fully saturated rings. The maximum atomic E-state index is 5.21. The van der Waals surface area contributed by atoms with Crippen LogP contribution in [0.5, 0.6) is 0 Å². The molecule has 118 valence electrons. The number of benzene rings is 2. The van der Waals surface area contributed by atoms with Gasteiger partial charge in [-0.15, -0.1) is 0 Å². The third-order valence-corrected chi connectivity index (χ3v) is 4.22. The van der Waals surface area contributed by atoms with Crippen molar-refractivity contribution in [2.45, 2.75) is 6.61 Å². The molecule has 0 spiro atoms. The van der Waals surface area contributed by atoms with Crippen LogP contribution < -0.4 is 0 Å². The summed E-state index contributed by atoms with van der Waals surface area (Å²) in [6.45, 7) is 0.626. The van der Waals surface area contributed by atoms with Gasteiger partial charge < -0.3 is 9.72 Å². The zero-order valence-corrected chi connectivity index (χ0v) is 13.5. The SMILES string of the molecule is COCc1ccc(-c2c(-c3ccccc3)[nH]c3ccncc23)cc1. The van der Waals surface area contributed by atoms with Gasteiger partial charge in [-0.2, -0.15) is 0 Å². The van der Waals surface area contributed by atoms with Gasteiger partial charge in [-0.1, -0.05) is 54.6 Å². The van der Waals surface area contributed by atoms with Gasteiger partial charge in [0.15, 0.2) is 0 Å². The van der Waals surface area contributed by atoms with Crippen LogP contribution in [0.3, 0.4) is 0 Å². The van der Waals surface area contributed by atoms with Gasteiger partial charge in [-0.05, 0) is 22.8 Å². The number of nitrogens with zero attached hydrogens (tertiary/aromatic N) is 1. The predicted molar refractivity (Wildman–Crippen MR) is 97.7 cm³/mol. The van der Waals surface area contributed by atoms with Crippen LogP contribution in [-0.2, 0) is 11.3 Å². The van der Waals surface area contributed by atoms with Crippen molar-refractivity contribution in [3.05, 3.63) is 78.6 Å². The molecule has 0 aliphatic heterocycles. The van der Waals surface area contributed by atoms with Gasteiger partial charge in [0.25, 0.3) is 0 Å². The molecule has 2 heterocycles. The summed E-state index contributed by atoms with van der Waals surface area (Å²) in [4.78, 5) is 7.87. The van der Waals surface area contributed by atoms with Crippen LogP contribution in [0.2, 0.25) is 0 Å². The molecule has 1 N–H and O–H groups in total. The Balaban J connectivity index is 1.92. The van der Waals surface area contributed by atoms with Gasteiger partial charge in [0.2, 0.25) is 0 Å². The topological polar surface area (TPSA) is 37.9 Å². The lowest BCUT2D eigenvalue weighted by molar-refractivity contribution is 0.185. The Labute approximate surface area is 140 Å². The second-order valence-corrected chi connectivity index (χ2v) is 5.79. The third-order valence-electron chi connectivity index (χ3n) is 4.22. The van der Waals surface area contributed by atoms with Gasteiger partial charge in [-0.3, -0.25) is 4.98 Å². The van der Waals surface area contributed by atoms with E-state index in [0.29, 0.717) is 6.61 Å². The second kappa shape index (κ2) is 6.30. The van der Waals surface area contributed by atoms with Gasteiger partial charge >= 0.3 is 0 Å². The van der Waals surface area contributed by atoms with E-state index in [0.717, 1.165) is 16.6 Å². The lowest BCUT2D eigenvalue weighted by Crippen LogP contribution is -1.88. The molecule has 4 aromatic rings. The van der Waals surface area contributed by atoms with E-state index in [4.69, 9.17) is 4.74 Å². The Morgan fingerprint density at radius 3 is 2.46 bits per heavy atom. The maximum absolute atomic E-state index is 5.21. The first-order valence-electron chi connectivity index (χ1n) is 7.96. The smallest absolute Gasteiger partial charge is 0.0713 e. The molecule has 2 aromatic carbocycles. The van der Waals surface area contributed by atoms with E-state index in [1.54, 1.807) is 7.11 Å². The van der Waals surface area contributed by atoms with Crippen molar-refractivity contribution < 1.29 is 4.74 Å². The number of hydrogen-bond acceptors (Lipinski definition) is 2. The van der Waals surface area contributed by atoms with E-state index < -0.39 is 0 Å². The number of aromatic nitrogens is 2. The highest BCUT2D eigenvalue weighted by Crippen LogP contribution is 2.37. The van der Waals surface area contributed by atoms with Crippen molar-refractivity contribution in [1.82, 2.24) is 9.97 Å². The highest BCUT2D eigenvalue weighted by atomic mass is 16.5. The predicted octanol–water partition coefficient (Wildman–Crippen LogP) is 5.04. The molecule has 0 bridgehead atoms. The number of nitrogens with one attached hydrogen (secondary N) is 1. The van der Waals surface area contributed by atoms with E-state index >= 15 is 0 Å². The van der Waals surface area contributed by atoms with Crippen molar-refractivity contribution >= 4 is 10.9 Å². The molecule has 0 amide bonds. The summed E-state index contributed by atoms with van der Waals surface area (Å²) in [5, 5.41) is 1.14. The summed E-state index contributed by atoms with van der Waals surface area (Å²) >= 11 is 0. The fourth-order valence-electron chi connectivity index (χ4n) is 3.09. The number of methoxy groups -OCH3 is 1. The highest BCUT2D eigenvalue weighted by Gasteiger charge is 2.14. The lowest BCUT2D eigenvalue weighted by atomic mass is 9.98. The van der Waals surface area contributed by atoms with Crippen molar-refractivity contribution in [2.24, 2.45) is 0 Å². The molecule has 0 atom stereocenters. The summed E-state index contributed by atoms with van der Waals surface area (Å²) in [5.41, 5.74) is 6.92. The molecule has 0 radical (unpaired) electrons. The summed E-state index contributed by atoms with van der Waals surface area (Å²) in [6.07, 6.45) is 3.75. The number of hydrogen-bond donors (Lipinski definition) is 1. The van der Waals surface area contributed by atoms with Gasteiger partial charge in [-0.25, -0.2) is 0 Å². The van der Waals surface area contributed by atoms with Crippen molar-refractivity contribution in [1.29, 1.82) is 0 Å². The first kappa shape index (κ1) is 14.7. The fourth-order valence-corrected chi connectivity index (χ4v) is 3.09. The molecular weight excluding hydrogens is 296 g/mol. The van der Waals surface area contributed by atoms with Gasteiger partial charge in [0.05, 0.1) is 12.3 Å². The Morgan fingerprint density at radius 2 is 1.71 bits per heavy atom. The van der Waals surface area contributed by atoms with Crippen molar-refractivity contribution in [3.63, 3.8) is 0 Å². The number of H-pyrrole nitrogens is 1. The summed E-state index contributed by atoms with van der Waals surface area (Å²) < 4.78 is 5.21. The standard InChI is InChI=1S/C21H18N2O/c1-24-14-15-7-9-16(10-8-15)20-18-13-22-12-11-19(18)23-21(20)17-5-3-2-4-6-17/h2-13,23H,14H2,1H3. The first-order chi connectivity index (χ1) is 11.9. The Kier molecular flexibility index (Phi) is 3.85. The summed E-state index contributed by atoms with van der Waals surface area (Å²) in [7, 11) is 1.72. The quantitative estimate of drug-likeness (QED) is 0.573. The van der Waals surface area contributed by atoms with Crippen LogP contribution in [0.4, 0.5) is 0 Å². The average molecular weight is 314 g/mol. The Bertz CT molecular complexity index is 956. The number of pyridine rings is 1. The Morgan fingerprint density at radius 1 is 0.917 bits per heavy atom. The number of ether oxygens (including phenoxy) is 1. The minimum atomic E-state index is 0.626. The highest BCUT2D eigenvalue weighted by molar-refractivity contribution is 6.03. The molecule has 3 nitrogen and oxygen atoms in total. The third kappa shape index (κ3) is 2.59. The van der Waals surface area contributed by atoms with Crippen LogP contribution in [-0.4, -0.2) is 17.1 Å². The first-order valence-corrected chi connectivity index (χ1v) is 7.96. The van der Waals surface area contributed by atoms with Crippen LogP contribution >= 0.6 is 0 Å². The number of fused-ring (bicyclic) bond motifs is 1. The molecule has 24 heavy (non-hydrogen) atoms. The second-order valence-electron chi connectivity index (χ2n) is 5.79. The molecule has 3 heteroatoms. The van der Waals surface area contributed by atoms with E-state index in [-0.39, 0.29) is 0 Å². The molecule has 0 aliphatic rings. The summed E-state index contributed by atoms with van der Waals surface area (Å²) in [6, 6.07) is 21.0. The zero-order chi connectivity index (χ0) is 16.4. The van der Waals surface area contributed by atoms with E-state index in [2.05, 4.69) is 58.5 Å². The molecule has 4 rings (SSSR count). The molecule has 0 saturated carbocycles. The molecular formula is C21H18N2O. The normalized spacial score (nSPS) is 11.0. The molecule has 0 saturated heterocycles. The molecule has 2 aromatic heterocycles. The van der Waals surface area contributed by atoms with Crippen molar-refractivity contribution in [2.75, 3.05) is 7.11 Å². The monoisotopic (exact) mass is 314 g/mol. The van der Waals surface area contributed by atoms with Gasteiger partial charge in [0.1, 0.15) is 0 Å². The Hall–Kier alpha value is -2.91. The van der Waals surface area contributed by atoms with E-state index in [9.17, 15) is 0 Å². The summed E-state index contributed by atoms with van der Waals surface area (Å²) in [5.74, 6) is 0. The molecule has 0 unspecified atom stereocenters. The van der Waals surface area contributed by atoms with Crippen LogP contribution in [0.1, 0.15) is 5.56 Å². The molecule has 0 aliphatic carbocycles. The minimum Gasteiger partial charge on any atom is -0.380 e. The average Bonchev–Trinajstić information content (AvgIpc) is 3.03. The largest absolute Gasteiger partial charge is 0.380 e.